The SMILES string of the molecule is CN(C)CCc1ccc(N)cc1.Cl. The molecule has 74 valence electrons. The number of likely N-dealkylation sites (N-methyl/N-ethyl adjacent to an activating group) is 1. The summed E-state index contributed by atoms with van der Waals surface area (Å²) >= 11 is 0. The highest BCUT2D eigenvalue weighted by Gasteiger charge is 1.93. The maximum atomic E-state index is 5.57. The number of hydrogen-bond acceptors (Lipinski definition) is 2. The van der Waals surface area contributed by atoms with E-state index in [0.29, 0.717) is 0 Å². The Morgan fingerprint density at radius 1 is 1.15 bits per heavy atom. The molecule has 0 radical (unpaired) electrons. The molecule has 0 unspecified atom stereocenters. The average Bonchev–Trinajstić information content (AvgIpc) is 2.03. The second-order valence-corrected chi connectivity index (χ2v) is 3.29. The molecule has 0 bridgehead atoms. The van der Waals surface area contributed by atoms with Gasteiger partial charge in [-0.25, -0.2) is 0 Å². The van der Waals surface area contributed by atoms with Crippen LogP contribution in [0.5, 0.6) is 0 Å². The van der Waals surface area contributed by atoms with E-state index in [-0.39, 0.29) is 12.4 Å². The lowest BCUT2D eigenvalue weighted by molar-refractivity contribution is 0.413. The number of anilines is 1. The number of halogens is 1. The fourth-order valence-corrected chi connectivity index (χ4v) is 1.04. The van der Waals surface area contributed by atoms with Gasteiger partial charge in [0.25, 0.3) is 0 Å². The van der Waals surface area contributed by atoms with Gasteiger partial charge in [0.2, 0.25) is 0 Å². The number of nitrogens with zero attached hydrogens (tertiary/aromatic N) is 1. The minimum absolute atomic E-state index is 0. The van der Waals surface area contributed by atoms with Crippen molar-refractivity contribution in [1.82, 2.24) is 4.90 Å². The van der Waals surface area contributed by atoms with Gasteiger partial charge in [0.1, 0.15) is 0 Å². The molecule has 3 heteroatoms. The fraction of sp³-hybridized carbons (Fsp3) is 0.400. The van der Waals surface area contributed by atoms with Crippen molar-refractivity contribution in [2.75, 3.05) is 26.4 Å². The number of benzene rings is 1. The third-order valence-electron chi connectivity index (χ3n) is 1.83. The summed E-state index contributed by atoms with van der Waals surface area (Å²) in [6, 6.07) is 8.06. The molecule has 2 N–H and O–H groups in total. The number of rotatable bonds is 3. The molecule has 0 saturated carbocycles. The lowest BCUT2D eigenvalue weighted by atomic mass is 10.1. The average molecular weight is 201 g/mol. The van der Waals surface area contributed by atoms with E-state index in [1.165, 1.54) is 5.56 Å². The molecule has 1 rings (SSSR count). The van der Waals surface area contributed by atoms with Gasteiger partial charge in [0.05, 0.1) is 0 Å². The van der Waals surface area contributed by atoms with Crippen LogP contribution in [0, 0.1) is 0 Å². The third kappa shape index (κ3) is 4.76. The second kappa shape index (κ2) is 5.84. The van der Waals surface area contributed by atoms with Crippen LogP contribution in [0.2, 0.25) is 0 Å². The molecule has 0 saturated heterocycles. The summed E-state index contributed by atoms with van der Waals surface area (Å²) in [5.41, 5.74) is 7.75. The predicted molar refractivity (Wildman–Crippen MR) is 60.4 cm³/mol. The highest BCUT2D eigenvalue weighted by molar-refractivity contribution is 5.85. The van der Waals surface area contributed by atoms with Crippen LogP contribution in [-0.4, -0.2) is 25.5 Å². The van der Waals surface area contributed by atoms with Crippen LogP contribution in [0.25, 0.3) is 0 Å². The van der Waals surface area contributed by atoms with E-state index in [9.17, 15) is 0 Å². The smallest absolute Gasteiger partial charge is 0.0314 e. The summed E-state index contributed by atoms with van der Waals surface area (Å²) in [4.78, 5) is 2.18. The summed E-state index contributed by atoms with van der Waals surface area (Å²) in [6.07, 6.45) is 1.09. The first-order chi connectivity index (χ1) is 5.68. The Labute approximate surface area is 86.1 Å². The van der Waals surface area contributed by atoms with Gasteiger partial charge >= 0.3 is 0 Å². The molecule has 0 aromatic heterocycles. The van der Waals surface area contributed by atoms with Crippen LogP contribution < -0.4 is 5.73 Å². The van der Waals surface area contributed by atoms with Crippen molar-refractivity contribution < 1.29 is 0 Å². The van der Waals surface area contributed by atoms with Crippen molar-refractivity contribution in [3.63, 3.8) is 0 Å². The van der Waals surface area contributed by atoms with E-state index in [1.54, 1.807) is 0 Å². The second-order valence-electron chi connectivity index (χ2n) is 3.29. The molecule has 0 amide bonds. The topological polar surface area (TPSA) is 29.3 Å². The molecule has 0 fully saturated rings. The molecule has 1 aromatic carbocycles. The maximum absolute atomic E-state index is 5.57. The Morgan fingerprint density at radius 2 is 1.69 bits per heavy atom. The van der Waals surface area contributed by atoms with Gasteiger partial charge in [-0.15, -0.1) is 12.4 Å². The quantitative estimate of drug-likeness (QED) is 0.754. The van der Waals surface area contributed by atoms with Crippen LogP contribution >= 0.6 is 12.4 Å². The van der Waals surface area contributed by atoms with Gasteiger partial charge in [-0.1, -0.05) is 12.1 Å². The molecule has 0 atom stereocenters. The number of nitrogen functional groups attached to an aromatic ring is 1. The first-order valence-corrected chi connectivity index (χ1v) is 4.17. The predicted octanol–water partition coefficient (Wildman–Crippen LogP) is 1.79. The molecule has 2 nitrogen and oxygen atoms in total. The van der Waals surface area contributed by atoms with Crippen LogP contribution in [0.4, 0.5) is 5.69 Å². The van der Waals surface area contributed by atoms with Gasteiger partial charge in [-0.3, -0.25) is 0 Å². The molecular weight excluding hydrogens is 184 g/mol. The minimum atomic E-state index is 0. The van der Waals surface area contributed by atoms with E-state index in [0.717, 1.165) is 18.7 Å². The van der Waals surface area contributed by atoms with E-state index in [4.69, 9.17) is 5.73 Å². The van der Waals surface area contributed by atoms with Gasteiger partial charge in [-0.05, 0) is 38.2 Å². The summed E-state index contributed by atoms with van der Waals surface area (Å²) in [5.74, 6) is 0. The van der Waals surface area contributed by atoms with Crippen LogP contribution in [0.1, 0.15) is 5.56 Å². The Hall–Kier alpha value is -0.730. The van der Waals surface area contributed by atoms with Crippen molar-refractivity contribution in [3.05, 3.63) is 29.8 Å². The zero-order valence-corrected chi connectivity index (χ0v) is 8.97. The van der Waals surface area contributed by atoms with Gasteiger partial charge in [0, 0.05) is 12.2 Å². The molecule has 0 heterocycles. The maximum Gasteiger partial charge on any atom is 0.0314 e. The number of nitrogens with two attached hydrogens (primary N) is 1. The van der Waals surface area contributed by atoms with Crippen molar-refractivity contribution in [1.29, 1.82) is 0 Å². The highest BCUT2D eigenvalue weighted by Crippen LogP contribution is 2.05. The van der Waals surface area contributed by atoms with Crippen molar-refractivity contribution >= 4 is 18.1 Å². The lowest BCUT2D eigenvalue weighted by Crippen LogP contribution is -2.14. The number of hydrogen-bond donors (Lipinski definition) is 1. The zero-order valence-electron chi connectivity index (χ0n) is 8.16. The lowest BCUT2D eigenvalue weighted by Gasteiger charge is -2.08. The highest BCUT2D eigenvalue weighted by atomic mass is 35.5. The Balaban J connectivity index is 0.00000144. The van der Waals surface area contributed by atoms with Crippen molar-refractivity contribution in [3.8, 4) is 0 Å². The largest absolute Gasteiger partial charge is 0.399 e. The molecule has 0 aliphatic rings. The zero-order chi connectivity index (χ0) is 8.97. The Morgan fingerprint density at radius 3 is 2.15 bits per heavy atom. The summed E-state index contributed by atoms with van der Waals surface area (Å²) < 4.78 is 0. The van der Waals surface area contributed by atoms with Gasteiger partial charge in [0.15, 0.2) is 0 Å². The molecule has 0 spiro atoms. The first kappa shape index (κ1) is 12.3. The van der Waals surface area contributed by atoms with Crippen LogP contribution in [0.15, 0.2) is 24.3 Å². The molecule has 0 aliphatic carbocycles. The van der Waals surface area contributed by atoms with E-state index >= 15 is 0 Å². The molecule has 1 aromatic rings. The van der Waals surface area contributed by atoms with Gasteiger partial charge in [-0.2, -0.15) is 0 Å². The first-order valence-electron chi connectivity index (χ1n) is 4.17. The van der Waals surface area contributed by atoms with E-state index < -0.39 is 0 Å². The minimum Gasteiger partial charge on any atom is -0.399 e. The monoisotopic (exact) mass is 200 g/mol. The molecular formula is C10H17ClN2. The van der Waals surface area contributed by atoms with Crippen LogP contribution in [-0.2, 0) is 6.42 Å². The van der Waals surface area contributed by atoms with Gasteiger partial charge < -0.3 is 10.6 Å². The Bertz CT molecular complexity index is 231. The molecule has 0 aliphatic heterocycles. The summed E-state index contributed by atoms with van der Waals surface area (Å²) in [7, 11) is 4.16. The normalized spacial score (nSPS) is 9.77. The van der Waals surface area contributed by atoms with Crippen LogP contribution in [0.3, 0.4) is 0 Å². The molecule has 13 heavy (non-hydrogen) atoms. The third-order valence-corrected chi connectivity index (χ3v) is 1.83. The van der Waals surface area contributed by atoms with Crippen molar-refractivity contribution in [2.24, 2.45) is 0 Å². The summed E-state index contributed by atoms with van der Waals surface area (Å²) in [5, 5.41) is 0. The summed E-state index contributed by atoms with van der Waals surface area (Å²) in [6.45, 7) is 1.09. The van der Waals surface area contributed by atoms with E-state index in [1.807, 2.05) is 12.1 Å². The fourth-order valence-electron chi connectivity index (χ4n) is 1.04. The Kier molecular flexibility index (Phi) is 5.51. The van der Waals surface area contributed by atoms with E-state index in [2.05, 4.69) is 31.1 Å². The standard InChI is InChI=1S/C10H16N2.ClH/c1-12(2)8-7-9-3-5-10(11)6-4-9;/h3-6H,7-8,11H2,1-2H3;1H. The van der Waals surface area contributed by atoms with Crippen molar-refractivity contribution in [2.45, 2.75) is 6.42 Å².